The monoisotopic (exact) mass is 405 g/mol. The van der Waals surface area contributed by atoms with Crippen LogP contribution in [0.1, 0.15) is 58.0 Å². The fourth-order valence-electron chi connectivity index (χ4n) is 3.35. The van der Waals surface area contributed by atoms with Gasteiger partial charge in [-0.15, -0.1) is 0 Å². The van der Waals surface area contributed by atoms with Crippen molar-refractivity contribution < 1.29 is 18.3 Å². The van der Waals surface area contributed by atoms with Gasteiger partial charge in [0.05, 0.1) is 11.7 Å². The molecule has 0 spiro atoms. The number of amides is 1. The van der Waals surface area contributed by atoms with Crippen molar-refractivity contribution in [1.29, 1.82) is 0 Å². The van der Waals surface area contributed by atoms with Crippen LogP contribution in [0, 0.1) is 12.3 Å². The molecule has 0 bridgehead atoms. The number of nitrogens with one attached hydrogen (secondary N) is 2. The third kappa shape index (κ3) is 4.83. The highest BCUT2D eigenvalue weighted by Crippen LogP contribution is 2.37. The van der Waals surface area contributed by atoms with Crippen molar-refractivity contribution in [2.75, 3.05) is 6.61 Å². The van der Waals surface area contributed by atoms with Gasteiger partial charge in [-0.05, 0) is 25.7 Å². The number of halogens is 2. The Morgan fingerprint density at radius 1 is 1.24 bits per heavy atom. The maximum Gasteiger partial charge on any atom is 0.271 e. The van der Waals surface area contributed by atoms with E-state index in [0.717, 1.165) is 16.8 Å². The number of ether oxygens (including phenoxy) is 1. The van der Waals surface area contributed by atoms with Gasteiger partial charge in [0.2, 0.25) is 0 Å². The van der Waals surface area contributed by atoms with Crippen molar-refractivity contribution in [1.82, 2.24) is 15.3 Å². The minimum atomic E-state index is -2.88. The molecule has 2 aromatic rings. The summed E-state index contributed by atoms with van der Waals surface area (Å²) in [6.07, 6.45) is 1.41. The van der Waals surface area contributed by atoms with E-state index in [2.05, 4.69) is 15.3 Å². The van der Waals surface area contributed by atoms with E-state index in [1.165, 1.54) is 0 Å². The summed E-state index contributed by atoms with van der Waals surface area (Å²) in [5, 5.41) is 2.98. The molecular formula is C22H29F2N3O2. The van der Waals surface area contributed by atoms with Crippen molar-refractivity contribution in [3.05, 3.63) is 41.9 Å². The van der Waals surface area contributed by atoms with Crippen molar-refractivity contribution in [2.45, 2.75) is 65.0 Å². The van der Waals surface area contributed by atoms with E-state index in [0.29, 0.717) is 5.82 Å². The van der Waals surface area contributed by atoms with E-state index < -0.39 is 30.1 Å². The second-order valence-corrected chi connectivity index (χ2v) is 9.18. The molecule has 1 aromatic carbocycles. The SMILES string of the molecule is Cc1ccc(-c2c[nH]c([C@@H](NC(=O)[C@@]3(C)CCC(F)(F)CO3)C(C)(C)C)n2)cc1. The van der Waals surface area contributed by atoms with Gasteiger partial charge in [-0.2, -0.15) is 0 Å². The van der Waals surface area contributed by atoms with Gasteiger partial charge in [0.15, 0.2) is 0 Å². The summed E-state index contributed by atoms with van der Waals surface area (Å²) in [5.74, 6) is -2.67. The molecule has 1 amide bonds. The van der Waals surface area contributed by atoms with Crippen LogP contribution in [-0.2, 0) is 9.53 Å². The molecule has 1 saturated heterocycles. The molecule has 1 aliphatic heterocycles. The number of alkyl halides is 2. The summed E-state index contributed by atoms with van der Waals surface area (Å²) < 4.78 is 32.2. The number of imidazole rings is 1. The lowest BCUT2D eigenvalue weighted by Gasteiger charge is -2.38. The number of carbonyl (C=O) groups is 1. The van der Waals surface area contributed by atoms with Gasteiger partial charge in [-0.1, -0.05) is 50.6 Å². The van der Waals surface area contributed by atoms with E-state index >= 15 is 0 Å². The molecule has 0 aliphatic carbocycles. The van der Waals surface area contributed by atoms with Crippen LogP contribution < -0.4 is 5.32 Å². The average molecular weight is 405 g/mol. The van der Waals surface area contributed by atoms with Gasteiger partial charge in [0, 0.05) is 18.2 Å². The van der Waals surface area contributed by atoms with Gasteiger partial charge in [-0.25, -0.2) is 13.8 Å². The van der Waals surface area contributed by atoms with Crippen molar-refractivity contribution in [3.8, 4) is 11.3 Å². The van der Waals surface area contributed by atoms with Gasteiger partial charge >= 0.3 is 0 Å². The van der Waals surface area contributed by atoms with Crippen LogP contribution in [0.4, 0.5) is 8.78 Å². The first-order chi connectivity index (χ1) is 13.4. The zero-order valence-electron chi connectivity index (χ0n) is 17.6. The largest absolute Gasteiger partial charge is 0.359 e. The van der Waals surface area contributed by atoms with Gasteiger partial charge in [0.25, 0.3) is 11.8 Å². The fourth-order valence-corrected chi connectivity index (χ4v) is 3.35. The number of nitrogens with zero attached hydrogens (tertiary/aromatic N) is 1. The van der Waals surface area contributed by atoms with E-state index in [9.17, 15) is 13.6 Å². The Hall–Kier alpha value is -2.28. The van der Waals surface area contributed by atoms with E-state index in [1.807, 2.05) is 58.2 Å². The van der Waals surface area contributed by atoms with Crippen LogP contribution in [0.3, 0.4) is 0 Å². The van der Waals surface area contributed by atoms with Crippen LogP contribution >= 0.6 is 0 Å². The summed E-state index contributed by atoms with van der Waals surface area (Å²) in [6, 6.07) is 7.60. The first kappa shape index (κ1) is 21.4. The van der Waals surface area contributed by atoms with Crippen molar-refractivity contribution in [2.24, 2.45) is 5.41 Å². The molecule has 158 valence electrons. The normalized spacial score (nSPS) is 22.9. The number of hydrogen-bond donors (Lipinski definition) is 2. The second kappa shape index (κ2) is 7.52. The number of aryl methyl sites for hydroxylation is 1. The number of aromatic nitrogens is 2. The summed E-state index contributed by atoms with van der Waals surface area (Å²) >= 11 is 0. The maximum atomic E-state index is 13.4. The Bertz CT molecular complexity index is 859. The molecular weight excluding hydrogens is 376 g/mol. The molecule has 29 heavy (non-hydrogen) atoms. The van der Waals surface area contributed by atoms with E-state index in [4.69, 9.17) is 4.74 Å². The predicted octanol–water partition coefficient (Wildman–Crippen LogP) is 4.79. The lowest BCUT2D eigenvalue weighted by atomic mass is 9.85. The zero-order valence-corrected chi connectivity index (χ0v) is 17.6. The lowest BCUT2D eigenvalue weighted by Crippen LogP contribution is -2.54. The first-order valence-corrected chi connectivity index (χ1v) is 9.85. The van der Waals surface area contributed by atoms with E-state index in [1.54, 1.807) is 6.92 Å². The molecule has 3 rings (SSSR count). The van der Waals surface area contributed by atoms with Crippen LogP contribution in [0.2, 0.25) is 0 Å². The Morgan fingerprint density at radius 3 is 2.45 bits per heavy atom. The van der Waals surface area contributed by atoms with Gasteiger partial charge in [0.1, 0.15) is 18.0 Å². The number of benzene rings is 1. The fraction of sp³-hybridized carbons (Fsp3) is 0.545. The Balaban J connectivity index is 1.81. The average Bonchev–Trinajstić information content (AvgIpc) is 3.11. The topological polar surface area (TPSA) is 67.0 Å². The van der Waals surface area contributed by atoms with Crippen LogP contribution in [0.5, 0.6) is 0 Å². The van der Waals surface area contributed by atoms with Crippen LogP contribution in [-0.4, -0.2) is 34.0 Å². The smallest absolute Gasteiger partial charge is 0.271 e. The van der Waals surface area contributed by atoms with Crippen LogP contribution in [0.15, 0.2) is 30.5 Å². The molecule has 2 heterocycles. The third-order valence-electron chi connectivity index (χ3n) is 5.41. The highest BCUT2D eigenvalue weighted by Gasteiger charge is 2.47. The summed E-state index contributed by atoms with van der Waals surface area (Å²) in [7, 11) is 0. The Labute approximate surface area is 170 Å². The molecule has 5 nitrogen and oxygen atoms in total. The molecule has 1 aromatic heterocycles. The van der Waals surface area contributed by atoms with Crippen LogP contribution in [0.25, 0.3) is 11.3 Å². The van der Waals surface area contributed by atoms with Crippen molar-refractivity contribution in [3.63, 3.8) is 0 Å². The molecule has 7 heteroatoms. The third-order valence-corrected chi connectivity index (χ3v) is 5.41. The summed E-state index contributed by atoms with van der Waals surface area (Å²) in [6.45, 7) is 8.82. The number of H-pyrrole nitrogens is 1. The summed E-state index contributed by atoms with van der Waals surface area (Å²) in [5.41, 5.74) is 1.28. The highest BCUT2D eigenvalue weighted by atomic mass is 19.3. The van der Waals surface area contributed by atoms with Crippen molar-refractivity contribution >= 4 is 5.91 Å². The minimum absolute atomic E-state index is 0.0323. The minimum Gasteiger partial charge on any atom is -0.359 e. The number of hydrogen-bond acceptors (Lipinski definition) is 3. The lowest BCUT2D eigenvalue weighted by molar-refractivity contribution is -0.190. The van der Waals surface area contributed by atoms with Gasteiger partial charge < -0.3 is 15.0 Å². The molecule has 2 atom stereocenters. The van der Waals surface area contributed by atoms with E-state index in [-0.39, 0.29) is 18.3 Å². The first-order valence-electron chi connectivity index (χ1n) is 9.85. The number of rotatable bonds is 4. The summed E-state index contributed by atoms with van der Waals surface area (Å²) in [4.78, 5) is 20.8. The zero-order chi connectivity index (χ0) is 21.4. The highest BCUT2D eigenvalue weighted by molar-refractivity contribution is 5.85. The maximum absolute atomic E-state index is 13.4. The Morgan fingerprint density at radius 2 is 1.90 bits per heavy atom. The number of carbonyl (C=O) groups excluding carboxylic acids is 1. The molecule has 1 fully saturated rings. The standard InChI is InChI=1S/C22H29F2N3O2/c1-14-6-8-15(9-7-14)16-12-25-18(26-16)17(20(2,3)4)27-19(28)21(5)10-11-22(23,24)13-29-21/h6-9,12,17H,10-11,13H2,1-5H3,(H,25,26)(H,27,28)/t17-,21-/m1/s1. The molecule has 0 radical (unpaired) electrons. The quantitative estimate of drug-likeness (QED) is 0.768. The molecule has 0 unspecified atom stereocenters. The Kier molecular flexibility index (Phi) is 5.56. The number of aromatic amines is 1. The second-order valence-electron chi connectivity index (χ2n) is 9.18. The van der Waals surface area contributed by atoms with Gasteiger partial charge in [-0.3, -0.25) is 4.79 Å². The molecule has 2 N–H and O–H groups in total. The molecule has 0 saturated carbocycles. The predicted molar refractivity (Wildman–Crippen MR) is 108 cm³/mol. The molecule has 1 aliphatic rings.